The number of nitrogen functional groups attached to an aromatic ring is 1. The molecule has 8 heteroatoms. The van der Waals surface area contributed by atoms with Crippen molar-refractivity contribution in [3.8, 4) is 0 Å². The molecule has 7 nitrogen and oxygen atoms in total. The third kappa shape index (κ3) is 2.55. The molecule has 4 N–H and O–H groups in total. The Morgan fingerprint density at radius 1 is 1.42 bits per heavy atom. The van der Waals surface area contributed by atoms with Gasteiger partial charge in [-0.3, -0.25) is 0 Å². The third-order valence-electron chi connectivity index (χ3n) is 3.52. The Labute approximate surface area is 112 Å². The Morgan fingerprint density at radius 2 is 2.05 bits per heavy atom. The van der Waals surface area contributed by atoms with E-state index in [9.17, 15) is 13.5 Å². The van der Waals surface area contributed by atoms with Crippen molar-refractivity contribution in [3.63, 3.8) is 0 Å². The molecule has 0 aromatic carbocycles. The quantitative estimate of drug-likeness (QED) is 0.742. The van der Waals surface area contributed by atoms with Gasteiger partial charge in [-0.25, -0.2) is 13.1 Å². The summed E-state index contributed by atoms with van der Waals surface area (Å²) in [4.78, 5) is 0.00720. The molecule has 0 spiro atoms. The number of anilines is 2. The second-order valence-electron chi connectivity index (χ2n) is 4.95. The Hall–Kier alpha value is -1.28. The predicted molar refractivity (Wildman–Crippen MR) is 72.8 cm³/mol. The van der Waals surface area contributed by atoms with E-state index in [-0.39, 0.29) is 22.6 Å². The highest BCUT2D eigenvalue weighted by molar-refractivity contribution is 7.91. The van der Waals surface area contributed by atoms with E-state index >= 15 is 0 Å². The number of nitrogens with two attached hydrogens (primary N) is 1. The van der Waals surface area contributed by atoms with Crippen molar-refractivity contribution in [1.82, 2.24) is 9.78 Å². The SMILES string of the molecule is CNc1nn(C2CCCCC2O)c(N)c1S(C)(=O)=O. The summed E-state index contributed by atoms with van der Waals surface area (Å²) in [5.41, 5.74) is 5.93. The maximum absolute atomic E-state index is 11.8. The Bertz CT molecular complexity index is 567. The lowest BCUT2D eigenvalue weighted by atomic mass is 9.93. The van der Waals surface area contributed by atoms with E-state index in [0.717, 1.165) is 25.5 Å². The highest BCUT2D eigenvalue weighted by Crippen LogP contribution is 2.35. The van der Waals surface area contributed by atoms with Gasteiger partial charge < -0.3 is 16.2 Å². The minimum atomic E-state index is -3.46. The maximum Gasteiger partial charge on any atom is 0.182 e. The number of aliphatic hydroxyl groups is 1. The van der Waals surface area contributed by atoms with Gasteiger partial charge in [-0.15, -0.1) is 0 Å². The lowest BCUT2D eigenvalue weighted by Crippen LogP contribution is -2.29. The summed E-state index contributed by atoms with van der Waals surface area (Å²) in [6, 6.07) is -0.253. The van der Waals surface area contributed by atoms with Crippen LogP contribution in [0.5, 0.6) is 0 Å². The molecule has 2 atom stereocenters. The monoisotopic (exact) mass is 288 g/mol. The van der Waals surface area contributed by atoms with Crippen LogP contribution in [0.25, 0.3) is 0 Å². The summed E-state index contributed by atoms with van der Waals surface area (Å²) in [7, 11) is -1.87. The molecule has 1 aromatic rings. The largest absolute Gasteiger partial charge is 0.391 e. The van der Waals surface area contributed by atoms with Gasteiger partial charge in [0.25, 0.3) is 0 Å². The Balaban J connectivity index is 2.51. The minimum absolute atomic E-state index is 0.00720. The first kappa shape index (κ1) is 14.1. The van der Waals surface area contributed by atoms with E-state index < -0.39 is 15.9 Å². The van der Waals surface area contributed by atoms with Crippen molar-refractivity contribution in [2.24, 2.45) is 0 Å². The molecule has 1 saturated carbocycles. The van der Waals surface area contributed by atoms with E-state index in [4.69, 9.17) is 5.73 Å². The van der Waals surface area contributed by atoms with Crippen LogP contribution in [0.3, 0.4) is 0 Å². The normalized spacial score (nSPS) is 24.4. The summed E-state index contributed by atoms with van der Waals surface area (Å²) in [5, 5.41) is 17.0. The summed E-state index contributed by atoms with van der Waals surface area (Å²) >= 11 is 0. The molecule has 0 aliphatic heterocycles. The van der Waals surface area contributed by atoms with Crippen LogP contribution >= 0.6 is 0 Å². The van der Waals surface area contributed by atoms with Crippen molar-refractivity contribution in [3.05, 3.63) is 0 Å². The number of aromatic nitrogens is 2. The molecule has 108 valence electrons. The van der Waals surface area contributed by atoms with Gasteiger partial charge in [0.1, 0.15) is 5.82 Å². The average molecular weight is 288 g/mol. The van der Waals surface area contributed by atoms with Crippen LogP contribution in [0.2, 0.25) is 0 Å². The maximum atomic E-state index is 11.8. The number of hydrogen-bond donors (Lipinski definition) is 3. The van der Waals surface area contributed by atoms with Gasteiger partial charge in [-0.05, 0) is 12.8 Å². The van der Waals surface area contributed by atoms with Crippen LogP contribution in [0.15, 0.2) is 4.90 Å². The molecule has 2 unspecified atom stereocenters. The van der Waals surface area contributed by atoms with Gasteiger partial charge in [0, 0.05) is 13.3 Å². The van der Waals surface area contributed by atoms with E-state index in [1.54, 1.807) is 7.05 Å². The summed E-state index contributed by atoms with van der Waals surface area (Å²) in [5.74, 6) is 0.329. The molecule has 1 aromatic heterocycles. The topological polar surface area (TPSA) is 110 Å². The van der Waals surface area contributed by atoms with Crippen molar-refractivity contribution in [2.75, 3.05) is 24.4 Å². The minimum Gasteiger partial charge on any atom is -0.391 e. The third-order valence-corrected chi connectivity index (χ3v) is 4.66. The lowest BCUT2D eigenvalue weighted by Gasteiger charge is -2.28. The molecule has 0 amide bonds. The Morgan fingerprint density at radius 3 is 2.53 bits per heavy atom. The number of hydrogen-bond acceptors (Lipinski definition) is 6. The predicted octanol–water partition coefficient (Wildman–Crippen LogP) is 0.387. The highest BCUT2D eigenvalue weighted by Gasteiger charge is 2.31. The smallest absolute Gasteiger partial charge is 0.182 e. The second-order valence-corrected chi connectivity index (χ2v) is 6.90. The number of sulfone groups is 1. The number of rotatable bonds is 3. The van der Waals surface area contributed by atoms with Crippen LogP contribution < -0.4 is 11.1 Å². The van der Waals surface area contributed by atoms with Crippen LogP contribution in [-0.4, -0.2) is 42.7 Å². The molecular weight excluding hydrogens is 268 g/mol. The van der Waals surface area contributed by atoms with Gasteiger partial charge in [-0.1, -0.05) is 12.8 Å². The second kappa shape index (κ2) is 5.01. The van der Waals surface area contributed by atoms with Crippen LogP contribution in [0.4, 0.5) is 11.6 Å². The van der Waals surface area contributed by atoms with Crippen LogP contribution in [-0.2, 0) is 9.84 Å². The van der Waals surface area contributed by atoms with Gasteiger partial charge >= 0.3 is 0 Å². The fraction of sp³-hybridized carbons (Fsp3) is 0.727. The van der Waals surface area contributed by atoms with Crippen LogP contribution in [0, 0.1) is 0 Å². The summed E-state index contributed by atoms with van der Waals surface area (Å²) in [6.45, 7) is 0. The fourth-order valence-corrected chi connectivity index (χ4v) is 3.56. The van der Waals surface area contributed by atoms with Crippen LogP contribution in [0.1, 0.15) is 31.7 Å². The van der Waals surface area contributed by atoms with E-state index in [1.165, 1.54) is 4.68 Å². The zero-order valence-corrected chi connectivity index (χ0v) is 11.9. The first-order chi connectivity index (χ1) is 8.86. The summed E-state index contributed by atoms with van der Waals surface area (Å²) < 4.78 is 25.0. The van der Waals surface area contributed by atoms with Crippen molar-refractivity contribution in [2.45, 2.75) is 42.7 Å². The van der Waals surface area contributed by atoms with Crippen molar-refractivity contribution < 1.29 is 13.5 Å². The molecule has 19 heavy (non-hydrogen) atoms. The number of aliphatic hydroxyl groups excluding tert-OH is 1. The molecular formula is C11H20N4O3S. The first-order valence-electron chi connectivity index (χ1n) is 6.30. The molecule has 1 aliphatic rings. The van der Waals surface area contributed by atoms with Gasteiger partial charge in [-0.2, -0.15) is 5.10 Å². The molecule has 1 fully saturated rings. The van der Waals surface area contributed by atoms with Crippen molar-refractivity contribution >= 4 is 21.5 Å². The molecule has 1 heterocycles. The zero-order valence-electron chi connectivity index (χ0n) is 11.1. The zero-order chi connectivity index (χ0) is 14.2. The molecule has 1 aliphatic carbocycles. The highest BCUT2D eigenvalue weighted by atomic mass is 32.2. The molecule has 0 saturated heterocycles. The number of nitrogens with zero attached hydrogens (tertiary/aromatic N) is 2. The van der Waals surface area contributed by atoms with Gasteiger partial charge in [0.05, 0.1) is 12.1 Å². The lowest BCUT2D eigenvalue weighted by molar-refractivity contribution is 0.0706. The van der Waals surface area contributed by atoms with E-state index in [0.29, 0.717) is 6.42 Å². The first-order valence-corrected chi connectivity index (χ1v) is 8.19. The standard InChI is InChI=1S/C11H20N4O3S/c1-13-11-9(19(2,17)18)10(12)15(14-11)7-5-3-4-6-8(7)16/h7-8,16H,3-6,12H2,1-2H3,(H,13,14). The number of nitrogens with one attached hydrogen (secondary N) is 1. The summed E-state index contributed by atoms with van der Waals surface area (Å²) in [6.07, 6.45) is 3.95. The molecule has 0 bridgehead atoms. The van der Waals surface area contributed by atoms with Crippen molar-refractivity contribution in [1.29, 1.82) is 0 Å². The average Bonchev–Trinajstić information content (AvgIpc) is 2.66. The fourth-order valence-electron chi connectivity index (χ4n) is 2.59. The van der Waals surface area contributed by atoms with Gasteiger partial charge in [0.2, 0.25) is 0 Å². The molecule has 2 rings (SSSR count). The van der Waals surface area contributed by atoms with E-state index in [1.807, 2.05) is 0 Å². The van der Waals surface area contributed by atoms with Gasteiger partial charge in [0.15, 0.2) is 20.6 Å². The Kier molecular flexibility index (Phi) is 3.73. The van der Waals surface area contributed by atoms with E-state index in [2.05, 4.69) is 10.4 Å². The molecule has 0 radical (unpaired) electrons.